The van der Waals surface area contributed by atoms with E-state index in [1.165, 1.54) is 4.90 Å². The van der Waals surface area contributed by atoms with E-state index in [2.05, 4.69) is 10.4 Å². The number of benzene rings is 2. The highest BCUT2D eigenvalue weighted by atomic mass is 16.4. The molecule has 4 rings (SSSR count). The minimum atomic E-state index is -1.28. The van der Waals surface area contributed by atoms with E-state index in [-0.39, 0.29) is 24.8 Å². The Morgan fingerprint density at radius 2 is 1.59 bits per heavy atom. The highest BCUT2D eigenvalue weighted by Gasteiger charge is 2.33. The molecule has 2 aromatic carbocycles. The summed E-state index contributed by atoms with van der Waals surface area (Å²) in [6.45, 7) is 2.18. The Bertz CT molecular complexity index is 1200. The van der Waals surface area contributed by atoms with Crippen LogP contribution in [-0.4, -0.2) is 51.8 Å². The number of carbonyl (C=O) groups is 3. The summed E-state index contributed by atoms with van der Waals surface area (Å²) in [5, 5.41) is 16.3. The van der Waals surface area contributed by atoms with Gasteiger partial charge >= 0.3 is 6.09 Å². The minimum Gasteiger partial charge on any atom is -0.463 e. The first-order valence-electron chi connectivity index (χ1n) is 10.0. The molecule has 3 aromatic rings. The molecular formula is C23H23N5O4. The Hall–Kier alpha value is -4.14. The molecule has 2 amide bonds. The number of anilines is 2. The van der Waals surface area contributed by atoms with Crippen molar-refractivity contribution in [3.63, 3.8) is 0 Å². The van der Waals surface area contributed by atoms with Gasteiger partial charge in [-0.2, -0.15) is 4.68 Å². The maximum absolute atomic E-state index is 12.9. The molecule has 1 aromatic heterocycles. The fourth-order valence-electron chi connectivity index (χ4n) is 3.61. The van der Waals surface area contributed by atoms with Gasteiger partial charge in [-0.05, 0) is 43.3 Å². The van der Waals surface area contributed by atoms with Gasteiger partial charge in [-0.15, -0.1) is 5.10 Å². The summed E-state index contributed by atoms with van der Waals surface area (Å²) in [6.07, 6.45) is -1.28. The first kappa shape index (κ1) is 21.1. The van der Waals surface area contributed by atoms with Gasteiger partial charge in [0.25, 0.3) is 11.8 Å². The van der Waals surface area contributed by atoms with E-state index in [1.54, 1.807) is 24.3 Å². The standard InChI is InChI=1S/C23H23N5O4/c1-14-4-6-16(7-5-14)22(30)27-12-18-19(13-27)28(23(31)32)25-20(18)24-21(29)15-8-10-17(11-9-15)26(2)3/h4-11H,12-13H2,1-3H3,(H,31,32)(H,24,25,29). The monoisotopic (exact) mass is 433 g/mol. The minimum absolute atomic E-state index is 0.0920. The highest BCUT2D eigenvalue weighted by molar-refractivity contribution is 6.04. The Morgan fingerprint density at radius 1 is 0.969 bits per heavy atom. The molecule has 0 saturated carbocycles. The zero-order valence-corrected chi connectivity index (χ0v) is 18.0. The Balaban J connectivity index is 1.58. The van der Waals surface area contributed by atoms with Crippen LogP contribution in [0, 0.1) is 6.92 Å². The number of nitrogens with zero attached hydrogens (tertiary/aromatic N) is 4. The van der Waals surface area contributed by atoms with E-state index < -0.39 is 12.0 Å². The normalized spacial score (nSPS) is 12.4. The van der Waals surface area contributed by atoms with Crippen molar-refractivity contribution in [2.75, 3.05) is 24.3 Å². The Morgan fingerprint density at radius 3 is 2.19 bits per heavy atom. The van der Waals surface area contributed by atoms with Gasteiger partial charge in [0, 0.05) is 36.5 Å². The molecule has 1 aliphatic heterocycles. The van der Waals surface area contributed by atoms with Crippen LogP contribution in [-0.2, 0) is 13.1 Å². The molecule has 0 aliphatic carbocycles. The largest absolute Gasteiger partial charge is 0.463 e. The van der Waals surface area contributed by atoms with Gasteiger partial charge in [0.15, 0.2) is 5.82 Å². The fourth-order valence-corrected chi connectivity index (χ4v) is 3.61. The number of carboxylic acid groups (broad SMARTS) is 1. The molecule has 2 heterocycles. The van der Waals surface area contributed by atoms with Crippen molar-refractivity contribution in [1.82, 2.24) is 14.7 Å². The quantitative estimate of drug-likeness (QED) is 0.654. The van der Waals surface area contributed by atoms with E-state index in [4.69, 9.17) is 0 Å². The molecule has 0 unspecified atom stereocenters. The van der Waals surface area contributed by atoms with Gasteiger partial charge in [-0.3, -0.25) is 9.59 Å². The molecule has 164 valence electrons. The topological polar surface area (TPSA) is 108 Å². The van der Waals surface area contributed by atoms with Crippen LogP contribution < -0.4 is 10.2 Å². The fraction of sp³-hybridized carbons (Fsp3) is 0.217. The summed E-state index contributed by atoms with van der Waals surface area (Å²) in [5.41, 5.74) is 3.81. The number of fused-ring (bicyclic) bond motifs is 1. The van der Waals surface area contributed by atoms with Crippen molar-refractivity contribution in [2.45, 2.75) is 20.0 Å². The van der Waals surface area contributed by atoms with E-state index >= 15 is 0 Å². The lowest BCUT2D eigenvalue weighted by molar-refractivity contribution is 0.0747. The van der Waals surface area contributed by atoms with Crippen molar-refractivity contribution in [3.8, 4) is 0 Å². The molecule has 0 bridgehead atoms. The van der Waals surface area contributed by atoms with Crippen LogP contribution in [0.5, 0.6) is 0 Å². The number of aryl methyl sites for hydroxylation is 1. The average Bonchev–Trinajstić information content (AvgIpc) is 3.34. The van der Waals surface area contributed by atoms with Crippen LogP contribution in [0.25, 0.3) is 0 Å². The Kier molecular flexibility index (Phi) is 5.40. The lowest BCUT2D eigenvalue weighted by Crippen LogP contribution is -2.27. The number of amides is 2. The molecule has 9 heteroatoms. The molecule has 9 nitrogen and oxygen atoms in total. The average molecular weight is 433 g/mol. The zero-order valence-electron chi connectivity index (χ0n) is 18.0. The van der Waals surface area contributed by atoms with Crippen molar-refractivity contribution >= 4 is 29.4 Å². The van der Waals surface area contributed by atoms with Crippen LogP contribution >= 0.6 is 0 Å². The van der Waals surface area contributed by atoms with Crippen LogP contribution in [0.4, 0.5) is 16.3 Å². The lowest BCUT2D eigenvalue weighted by atomic mass is 10.1. The number of hydrogen-bond donors (Lipinski definition) is 2. The van der Waals surface area contributed by atoms with Gasteiger partial charge in [-0.25, -0.2) is 4.79 Å². The SMILES string of the molecule is Cc1ccc(C(=O)N2Cc3c(NC(=O)c4ccc(N(C)C)cc4)nn(C(=O)O)c3C2)cc1. The number of aromatic nitrogens is 2. The molecule has 0 atom stereocenters. The summed E-state index contributed by atoms with van der Waals surface area (Å²) >= 11 is 0. The van der Waals surface area contributed by atoms with Crippen molar-refractivity contribution < 1.29 is 19.5 Å². The van der Waals surface area contributed by atoms with Crippen molar-refractivity contribution in [3.05, 3.63) is 76.5 Å². The van der Waals surface area contributed by atoms with Crippen LogP contribution in [0.2, 0.25) is 0 Å². The molecule has 2 N–H and O–H groups in total. The second kappa shape index (κ2) is 8.18. The zero-order chi connectivity index (χ0) is 23.0. The third kappa shape index (κ3) is 3.92. The third-order valence-electron chi connectivity index (χ3n) is 5.42. The van der Waals surface area contributed by atoms with Gasteiger partial charge in [0.2, 0.25) is 0 Å². The van der Waals surface area contributed by atoms with Crippen LogP contribution in [0.3, 0.4) is 0 Å². The van der Waals surface area contributed by atoms with E-state index in [1.807, 2.05) is 50.2 Å². The summed E-state index contributed by atoms with van der Waals surface area (Å²) in [4.78, 5) is 40.8. The molecule has 0 saturated heterocycles. The van der Waals surface area contributed by atoms with E-state index in [0.29, 0.717) is 22.4 Å². The van der Waals surface area contributed by atoms with Crippen molar-refractivity contribution in [2.24, 2.45) is 0 Å². The molecular weight excluding hydrogens is 410 g/mol. The number of rotatable bonds is 4. The van der Waals surface area contributed by atoms with Crippen LogP contribution in [0.1, 0.15) is 37.5 Å². The number of nitrogens with one attached hydrogen (secondary N) is 1. The predicted molar refractivity (Wildman–Crippen MR) is 119 cm³/mol. The first-order chi connectivity index (χ1) is 15.2. The molecule has 0 spiro atoms. The van der Waals surface area contributed by atoms with Gasteiger partial charge < -0.3 is 20.2 Å². The third-order valence-corrected chi connectivity index (χ3v) is 5.42. The summed E-state index contributed by atoms with van der Waals surface area (Å²) in [6, 6.07) is 14.2. The second-order valence-corrected chi connectivity index (χ2v) is 7.89. The molecule has 1 aliphatic rings. The van der Waals surface area contributed by atoms with Crippen molar-refractivity contribution in [1.29, 1.82) is 0 Å². The molecule has 0 radical (unpaired) electrons. The summed E-state index contributed by atoms with van der Waals surface area (Å²) < 4.78 is 0.822. The van der Waals surface area contributed by atoms with Crippen LogP contribution in [0.15, 0.2) is 48.5 Å². The molecule has 0 fully saturated rings. The molecule has 32 heavy (non-hydrogen) atoms. The van der Waals surface area contributed by atoms with E-state index in [0.717, 1.165) is 15.9 Å². The van der Waals surface area contributed by atoms with Gasteiger partial charge in [0.1, 0.15) is 0 Å². The lowest BCUT2D eigenvalue weighted by Gasteiger charge is -2.16. The second-order valence-electron chi connectivity index (χ2n) is 7.89. The highest BCUT2D eigenvalue weighted by Crippen LogP contribution is 2.31. The first-order valence-corrected chi connectivity index (χ1v) is 10.0. The number of carbonyl (C=O) groups excluding carboxylic acids is 2. The summed E-state index contributed by atoms with van der Waals surface area (Å²) in [7, 11) is 3.81. The summed E-state index contributed by atoms with van der Waals surface area (Å²) in [5.74, 6) is -0.477. The smallest absolute Gasteiger partial charge is 0.432 e. The van der Waals surface area contributed by atoms with E-state index in [9.17, 15) is 19.5 Å². The maximum atomic E-state index is 12.9. The Labute approximate surface area is 184 Å². The van der Waals surface area contributed by atoms with Gasteiger partial charge in [-0.1, -0.05) is 17.7 Å². The van der Waals surface area contributed by atoms with Gasteiger partial charge in [0.05, 0.1) is 18.8 Å². The maximum Gasteiger partial charge on any atom is 0.432 e. The predicted octanol–water partition coefficient (Wildman–Crippen LogP) is 3.19. The number of hydrogen-bond acceptors (Lipinski definition) is 5.